The summed E-state index contributed by atoms with van der Waals surface area (Å²) in [5, 5.41) is 17.8. The number of fused-ring (bicyclic) bond motifs is 1. The van der Waals surface area contributed by atoms with Gasteiger partial charge < -0.3 is 15.6 Å². The van der Waals surface area contributed by atoms with Gasteiger partial charge in [0.2, 0.25) is 0 Å². The number of aromatic hydroxyl groups is 1. The van der Waals surface area contributed by atoms with Crippen LogP contribution in [0.3, 0.4) is 0 Å². The Balaban J connectivity index is 2.07. The fraction of sp³-hybridized carbons (Fsp3) is 0.200. The van der Waals surface area contributed by atoms with E-state index in [0.717, 1.165) is 18.2 Å². The second-order valence-corrected chi connectivity index (χ2v) is 12.1. The maximum absolute atomic E-state index is 11.8. The van der Waals surface area contributed by atoms with E-state index in [0.29, 0.717) is 11.6 Å². The van der Waals surface area contributed by atoms with Gasteiger partial charge >= 0.3 is 0 Å². The topological polar surface area (TPSA) is 243 Å². The molecule has 0 saturated carbocycles. The number of benzene rings is 3. The summed E-state index contributed by atoms with van der Waals surface area (Å²) < 4.78 is 102. The highest BCUT2D eigenvalue weighted by Gasteiger charge is 2.22. The number of nitrogens with zero attached hydrogens (tertiary/aromatic N) is 2. The van der Waals surface area contributed by atoms with Crippen molar-refractivity contribution in [3.05, 3.63) is 42.0 Å². The van der Waals surface area contributed by atoms with Gasteiger partial charge in [-0.05, 0) is 43.2 Å². The van der Waals surface area contributed by atoms with Gasteiger partial charge in [-0.3, -0.25) is 13.7 Å². The molecule has 0 heterocycles. The Bertz CT molecular complexity index is 1730. The van der Waals surface area contributed by atoms with Gasteiger partial charge in [-0.2, -0.15) is 30.4 Å². The standard InChI is InChI=1S/C20H21N3O11S3/c1-11-7-14(21)18(34-5-2-6-35(25,26)27)10-16(11)23-22-15-3-4-19(37(31,32)33)13-8-12(36(28,29)30)9-17(24)20(13)15/h3-4,7-10,24H,2,5-6,21H2,1H3,(H,25,26,27)(H,28,29,30)(H,31,32,33). The fourth-order valence-corrected chi connectivity index (χ4v) is 5.00. The highest BCUT2D eigenvalue weighted by atomic mass is 32.2. The first-order valence-electron chi connectivity index (χ1n) is 10.1. The van der Waals surface area contributed by atoms with Gasteiger partial charge in [0.25, 0.3) is 30.4 Å². The van der Waals surface area contributed by atoms with Crippen LogP contribution in [0.15, 0.2) is 56.4 Å². The van der Waals surface area contributed by atoms with Crippen molar-refractivity contribution >= 4 is 58.2 Å². The number of phenols is 1. The summed E-state index contributed by atoms with van der Waals surface area (Å²) in [5.41, 5.74) is 6.76. The highest BCUT2D eigenvalue weighted by molar-refractivity contribution is 7.86. The Morgan fingerprint density at radius 2 is 1.54 bits per heavy atom. The molecule has 17 heteroatoms. The number of aryl methyl sites for hydroxylation is 1. The quantitative estimate of drug-likeness (QED) is 0.107. The molecule has 3 aromatic rings. The SMILES string of the molecule is Cc1cc(N)c(OCCCS(=O)(=O)O)cc1N=Nc1ccc(S(=O)(=O)O)c2cc(S(=O)(=O)O)cc(O)c12. The number of nitrogens with two attached hydrogens (primary N) is 1. The smallest absolute Gasteiger partial charge is 0.295 e. The monoisotopic (exact) mass is 575 g/mol. The average Bonchev–Trinajstić information content (AvgIpc) is 2.74. The Hall–Kier alpha value is -3.35. The number of hydrogen-bond donors (Lipinski definition) is 5. The normalized spacial score (nSPS) is 12.9. The van der Waals surface area contributed by atoms with Crippen LogP contribution in [0.1, 0.15) is 12.0 Å². The third-order valence-corrected chi connectivity index (χ3v) is 7.53. The van der Waals surface area contributed by atoms with E-state index in [9.17, 15) is 39.5 Å². The molecule has 37 heavy (non-hydrogen) atoms. The number of nitrogen functional groups attached to an aromatic ring is 1. The van der Waals surface area contributed by atoms with E-state index in [-0.39, 0.29) is 41.2 Å². The number of azo groups is 1. The predicted octanol–water partition coefficient (Wildman–Crippen LogP) is 3.00. The first-order valence-corrected chi connectivity index (χ1v) is 14.6. The van der Waals surface area contributed by atoms with Crippen LogP contribution in [0.25, 0.3) is 10.8 Å². The molecule has 0 radical (unpaired) electrons. The average molecular weight is 576 g/mol. The van der Waals surface area contributed by atoms with Crippen molar-refractivity contribution in [2.75, 3.05) is 18.1 Å². The van der Waals surface area contributed by atoms with Gasteiger partial charge in [-0.1, -0.05) is 0 Å². The maximum Gasteiger partial charge on any atom is 0.295 e. The van der Waals surface area contributed by atoms with Crippen molar-refractivity contribution in [1.82, 2.24) is 0 Å². The van der Waals surface area contributed by atoms with Crippen LogP contribution < -0.4 is 10.5 Å². The number of hydrogen-bond acceptors (Lipinski definition) is 11. The molecular weight excluding hydrogens is 554 g/mol. The van der Waals surface area contributed by atoms with Gasteiger partial charge in [0.15, 0.2) is 0 Å². The fourth-order valence-electron chi connectivity index (χ4n) is 3.31. The molecule has 0 aliphatic rings. The van der Waals surface area contributed by atoms with Crippen LogP contribution in [0.2, 0.25) is 0 Å². The third-order valence-electron chi connectivity index (χ3n) is 4.98. The summed E-state index contributed by atoms with van der Waals surface area (Å²) in [6.45, 7) is 1.55. The van der Waals surface area contributed by atoms with Crippen molar-refractivity contribution in [1.29, 1.82) is 0 Å². The number of ether oxygens (including phenoxy) is 1. The summed E-state index contributed by atoms with van der Waals surface area (Å²) in [7, 11) is -13.9. The highest BCUT2D eigenvalue weighted by Crippen LogP contribution is 2.40. The zero-order valence-corrected chi connectivity index (χ0v) is 21.4. The van der Waals surface area contributed by atoms with E-state index >= 15 is 0 Å². The van der Waals surface area contributed by atoms with Gasteiger partial charge in [-0.15, -0.1) is 5.11 Å². The van der Waals surface area contributed by atoms with Crippen molar-refractivity contribution in [2.24, 2.45) is 10.2 Å². The Kier molecular flexibility index (Phi) is 7.77. The molecule has 0 aliphatic heterocycles. The van der Waals surface area contributed by atoms with Crippen LogP contribution in [-0.2, 0) is 30.4 Å². The zero-order chi connectivity index (χ0) is 27.8. The number of phenolic OH excluding ortho intramolecular Hbond substituents is 1. The molecule has 0 amide bonds. The minimum atomic E-state index is -4.87. The largest absolute Gasteiger partial charge is 0.507 e. The molecule has 14 nitrogen and oxygen atoms in total. The predicted molar refractivity (Wildman–Crippen MR) is 132 cm³/mol. The molecular formula is C20H21N3O11S3. The van der Waals surface area contributed by atoms with E-state index in [1.54, 1.807) is 6.92 Å². The van der Waals surface area contributed by atoms with E-state index in [2.05, 4.69) is 10.2 Å². The molecule has 0 aromatic heterocycles. The molecule has 3 rings (SSSR count). The van der Waals surface area contributed by atoms with Gasteiger partial charge in [0.1, 0.15) is 16.4 Å². The second-order valence-electron chi connectivity index (χ2n) is 7.76. The van der Waals surface area contributed by atoms with Crippen LogP contribution >= 0.6 is 0 Å². The molecule has 0 unspecified atom stereocenters. The summed E-state index contributed by atoms with van der Waals surface area (Å²) >= 11 is 0. The Morgan fingerprint density at radius 1 is 0.892 bits per heavy atom. The van der Waals surface area contributed by atoms with E-state index in [1.807, 2.05) is 0 Å². The Morgan fingerprint density at radius 3 is 2.14 bits per heavy atom. The molecule has 0 atom stereocenters. The third kappa shape index (κ3) is 6.90. The minimum absolute atomic E-state index is 0.0140. The van der Waals surface area contributed by atoms with Crippen molar-refractivity contribution in [3.8, 4) is 11.5 Å². The molecule has 0 spiro atoms. The van der Waals surface area contributed by atoms with Gasteiger partial charge in [-0.25, -0.2) is 0 Å². The summed E-state index contributed by atoms with van der Waals surface area (Å²) in [5.74, 6) is -1.13. The number of rotatable bonds is 9. The van der Waals surface area contributed by atoms with Gasteiger partial charge in [0, 0.05) is 17.5 Å². The second kappa shape index (κ2) is 10.2. The first kappa shape index (κ1) is 28.2. The molecule has 3 aromatic carbocycles. The lowest BCUT2D eigenvalue weighted by molar-refractivity contribution is 0.318. The molecule has 0 bridgehead atoms. The van der Waals surface area contributed by atoms with Crippen molar-refractivity contribution < 1.29 is 48.8 Å². The molecule has 0 saturated heterocycles. The van der Waals surface area contributed by atoms with Crippen LogP contribution in [0, 0.1) is 6.92 Å². The molecule has 0 aliphatic carbocycles. The van der Waals surface area contributed by atoms with Crippen molar-refractivity contribution in [3.63, 3.8) is 0 Å². The molecule has 6 N–H and O–H groups in total. The first-order chi connectivity index (χ1) is 17.0. The Labute approximate surface area is 211 Å². The zero-order valence-electron chi connectivity index (χ0n) is 18.9. The summed E-state index contributed by atoms with van der Waals surface area (Å²) in [4.78, 5) is -1.56. The van der Waals surface area contributed by atoms with E-state index in [1.165, 1.54) is 12.1 Å². The maximum atomic E-state index is 11.8. The lowest BCUT2D eigenvalue weighted by atomic mass is 10.1. The lowest BCUT2D eigenvalue weighted by Crippen LogP contribution is -2.09. The van der Waals surface area contributed by atoms with Crippen LogP contribution in [0.5, 0.6) is 11.5 Å². The number of anilines is 1. The van der Waals surface area contributed by atoms with Crippen LogP contribution in [-0.4, -0.2) is 56.4 Å². The molecule has 0 fully saturated rings. The summed E-state index contributed by atoms with van der Waals surface area (Å²) in [6.07, 6.45) is -0.0140. The minimum Gasteiger partial charge on any atom is -0.507 e. The van der Waals surface area contributed by atoms with E-state index < -0.39 is 57.0 Å². The van der Waals surface area contributed by atoms with E-state index in [4.69, 9.17) is 15.0 Å². The van der Waals surface area contributed by atoms with Crippen molar-refractivity contribution in [2.45, 2.75) is 23.1 Å². The summed E-state index contributed by atoms with van der Waals surface area (Å²) in [6, 6.07) is 6.35. The lowest BCUT2D eigenvalue weighted by Gasteiger charge is -2.11. The molecule has 200 valence electrons. The van der Waals surface area contributed by atoms with Crippen LogP contribution in [0.4, 0.5) is 17.1 Å². The van der Waals surface area contributed by atoms with Gasteiger partial charge in [0.05, 0.1) is 39.7 Å².